The topological polar surface area (TPSA) is 48.1 Å². The Kier molecular flexibility index (Phi) is 4.65. The van der Waals surface area contributed by atoms with Crippen LogP contribution in [0.4, 0.5) is 22.7 Å². The van der Waals surface area contributed by atoms with Crippen LogP contribution in [0.5, 0.6) is 0 Å². The summed E-state index contributed by atoms with van der Waals surface area (Å²) in [4.78, 5) is 0. The molecule has 0 bridgehead atoms. The van der Waals surface area contributed by atoms with E-state index in [1.165, 1.54) is 22.7 Å². The molecule has 1 aliphatic rings. The Hall–Kier alpha value is -1.40. The van der Waals surface area contributed by atoms with E-state index in [1.807, 2.05) is 0 Å². The standard InChI is InChI=1S/C14H20N4S2/c1-3-15-11-7-19-9-13(11)17-5-2-6-18-14-10-20-8-12(14)16-4-1/h7-10,15-18H,1-6H2. The summed E-state index contributed by atoms with van der Waals surface area (Å²) in [5, 5.41) is 22.7. The van der Waals surface area contributed by atoms with Crippen LogP contribution in [0, 0.1) is 0 Å². The van der Waals surface area contributed by atoms with E-state index in [1.54, 1.807) is 22.7 Å². The highest BCUT2D eigenvalue weighted by molar-refractivity contribution is 7.09. The third-order valence-electron chi connectivity index (χ3n) is 3.29. The van der Waals surface area contributed by atoms with Gasteiger partial charge in [0.15, 0.2) is 0 Å². The van der Waals surface area contributed by atoms with Crippen molar-refractivity contribution in [3.63, 3.8) is 0 Å². The summed E-state index contributed by atoms with van der Waals surface area (Å²) in [5.74, 6) is 0. The molecule has 0 spiro atoms. The highest BCUT2D eigenvalue weighted by atomic mass is 32.1. The molecule has 0 aromatic carbocycles. The Morgan fingerprint density at radius 3 is 1.15 bits per heavy atom. The molecule has 0 fully saturated rings. The summed E-state index contributed by atoms with van der Waals surface area (Å²) < 4.78 is 0. The van der Waals surface area contributed by atoms with Gasteiger partial charge in [-0.15, -0.1) is 22.7 Å². The van der Waals surface area contributed by atoms with Crippen LogP contribution in [0.1, 0.15) is 12.8 Å². The molecule has 4 nitrogen and oxygen atoms in total. The second-order valence-electron chi connectivity index (χ2n) is 4.81. The molecule has 0 radical (unpaired) electrons. The normalized spacial score (nSPS) is 16.4. The fraction of sp³-hybridized carbons (Fsp3) is 0.429. The van der Waals surface area contributed by atoms with Crippen LogP contribution in [-0.4, -0.2) is 26.2 Å². The second-order valence-corrected chi connectivity index (χ2v) is 6.30. The molecule has 0 saturated heterocycles. The van der Waals surface area contributed by atoms with Gasteiger partial charge in [0, 0.05) is 47.7 Å². The Morgan fingerprint density at radius 2 is 0.850 bits per heavy atom. The Morgan fingerprint density at radius 1 is 0.550 bits per heavy atom. The Labute approximate surface area is 127 Å². The lowest BCUT2D eigenvalue weighted by atomic mass is 10.3. The van der Waals surface area contributed by atoms with Crippen molar-refractivity contribution < 1.29 is 0 Å². The molecular weight excluding hydrogens is 288 g/mol. The van der Waals surface area contributed by atoms with Gasteiger partial charge in [-0.2, -0.15) is 0 Å². The predicted molar refractivity (Wildman–Crippen MR) is 91.8 cm³/mol. The molecule has 2 aromatic heterocycles. The molecule has 20 heavy (non-hydrogen) atoms. The molecule has 1 aliphatic heterocycles. The summed E-state index contributed by atoms with van der Waals surface area (Å²) in [6.45, 7) is 3.97. The third-order valence-corrected chi connectivity index (χ3v) is 4.78. The number of thiophene rings is 2. The molecule has 6 heteroatoms. The van der Waals surface area contributed by atoms with Gasteiger partial charge in [-0.25, -0.2) is 0 Å². The minimum Gasteiger partial charge on any atom is -0.383 e. The maximum atomic E-state index is 3.51. The van der Waals surface area contributed by atoms with E-state index in [9.17, 15) is 0 Å². The second kappa shape index (κ2) is 6.85. The van der Waals surface area contributed by atoms with Crippen molar-refractivity contribution in [1.82, 2.24) is 0 Å². The van der Waals surface area contributed by atoms with Crippen LogP contribution in [-0.2, 0) is 0 Å². The van der Waals surface area contributed by atoms with Gasteiger partial charge >= 0.3 is 0 Å². The van der Waals surface area contributed by atoms with E-state index in [4.69, 9.17) is 0 Å². The minimum atomic E-state index is 0.991. The Balaban J connectivity index is 1.63. The number of anilines is 4. The first-order chi connectivity index (χ1) is 9.93. The molecule has 3 heterocycles. The van der Waals surface area contributed by atoms with E-state index in [2.05, 4.69) is 42.8 Å². The van der Waals surface area contributed by atoms with Gasteiger partial charge in [-0.3, -0.25) is 0 Å². The molecule has 0 aliphatic carbocycles. The molecular formula is C14H20N4S2. The van der Waals surface area contributed by atoms with Crippen LogP contribution in [0.3, 0.4) is 0 Å². The lowest BCUT2D eigenvalue weighted by molar-refractivity contribution is 0.895. The summed E-state index contributed by atoms with van der Waals surface area (Å²) >= 11 is 3.48. The fourth-order valence-electron chi connectivity index (χ4n) is 2.21. The van der Waals surface area contributed by atoms with Gasteiger partial charge in [0.2, 0.25) is 0 Å². The maximum Gasteiger partial charge on any atom is 0.0684 e. The van der Waals surface area contributed by atoms with E-state index in [0.29, 0.717) is 0 Å². The highest BCUT2D eigenvalue weighted by Gasteiger charge is 2.05. The van der Waals surface area contributed by atoms with Gasteiger partial charge < -0.3 is 21.3 Å². The predicted octanol–water partition coefficient (Wildman–Crippen LogP) is 3.95. The van der Waals surface area contributed by atoms with Gasteiger partial charge in [0.25, 0.3) is 0 Å². The number of fused-ring (bicyclic) bond motifs is 2. The summed E-state index contributed by atoms with van der Waals surface area (Å²) in [5.41, 5.74) is 4.93. The number of nitrogens with one attached hydrogen (secondary N) is 4. The molecule has 4 N–H and O–H groups in total. The third kappa shape index (κ3) is 3.37. The first-order valence-corrected chi connectivity index (χ1v) is 8.90. The molecule has 0 atom stereocenters. The summed E-state index contributed by atoms with van der Waals surface area (Å²) in [6.07, 6.45) is 2.20. The number of rotatable bonds is 0. The lowest BCUT2D eigenvalue weighted by Crippen LogP contribution is -2.14. The van der Waals surface area contributed by atoms with Crippen LogP contribution in [0.25, 0.3) is 0 Å². The molecule has 3 rings (SSSR count). The quantitative estimate of drug-likeness (QED) is 0.595. The van der Waals surface area contributed by atoms with Crippen molar-refractivity contribution in [3.8, 4) is 0 Å². The van der Waals surface area contributed by atoms with Crippen molar-refractivity contribution in [2.24, 2.45) is 0 Å². The molecule has 0 unspecified atom stereocenters. The zero-order chi connectivity index (χ0) is 13.6. The summed E-state index contributed by atoms with van der Waals surface area (Å²) in [6, 6.07) is 0. The van der Waals surface area contributed by atoms with Crippen LogP contribution in [0.15, 0.2) is 21.5 Å². The Bertz CT molecular complexity index is 446. The zero-order valence-electron chi connectivity index (χ0n) is 11.4. The highest BCUT2D eigenvalue weighted by Crippen LogP contribution is 2.28. The molecule has 2 aromatic rings. The molecule has 0 saturated carbocycles. The summed E-state index contributed by atoms with van der Waals surface area (Å²) in [7, 11) is 0. The first-order valence-electron chi connectivity index (χ1n) is 7.01. The van der Waals surface area contributed by atoms with Gasteiger partial charge in [-0.05, 0) is 12.8 Å². The SMILES string of the molecule is c1scc2c1NCCCNc1cscc1NCCCN2. The maximum absolute atomic E-state index is 3.51. The van der Waals surface area contributed by atoms with E-state index in [0.717, 1.165) is 39.0 Å². The van der Waals surface area contributed by atoms with E-state index >= 15 is 0 Å². The van der Waals surface area contributed by atoms with Crippen molar-refractivity contribution in [3.05, 3.63) is 21.5 Å². The van der Waals surface area contributed by atoms with Crippen LogP contribution in [0.2, 0.25) is 0 Å². The van der Waals surface area contributed by atoms with Gasteiger partial charge in [0.1, 0.15) is 0 Å². The van der Waals surface area contributed by atoms with Crippen molar-refractivity contribution in [1.29, 1.82) is 0 Å². The molecule has 0 amide bonds. The number of hydrogen-bond acceptors (Lipinski definition) is 6. The minimum absolute atomic E-state index is 0.991. The van der Waals surface area contributed by atoms with Crippen molar-refractivity contribution in [2.45, 2.75) is 12.8 Å². The zero-order valence-corrected chi connectivity index (χ0v) is 13.0. The number of hydrogen-bond donors (Lipinski definition) is 4. The van der Waals surface area contributed by atoms with E-state index < -0.39 is 0 Å². The average molecular weight is 308 g/mol. The van der Waals surface area contributed by atoms with Crippen molar-refractivity contribution >= 4 is 45.4 Å². The van der Waals surface area contributed by atoms with Gasteiger partial charge in [-0.1, -0.05) is 0 Å². The largest absolute Gasteiger partial charge is 0.383 e. The molecule has 108 valence electrons. The fourth-order valence-corrected chi connectivity index (χ4v) is 3.73. The van der Waals surface area contributed by atoms with E-state index in [-0.39, 0.29) is 0 Å². The van der Waals surface area contributed by atoms with Crippen LogP contribution >= 0.6 is 22.7 Å². The monoisotopic (exact) mass is 308 g/mol. The smallest absolute Gasteiger partial charge is 0.0684 e. The lowest BCUT2D eigenvalue weighted by Gasteiger charge is -2.14. The van der Waals surface area contributed by atoms with Gasteiger partial charge in [0.05, 0.1) is 22.7 Å². The first kappa shape index (κ1) is 13.6. The van der Waals surface area contributed by atoms with Crippen LogP contribution < -0.4 is 21.3 Å². The van der Waals surface area contributed by atoms with Crippen molar-refractivity contribution in [2.75, 3.05) is 47.4 Å². The average Bonchev–Trinajstić information content (AvgIpc) is 3.07.